The van der Waals surface area contributed by atoms with Gasteiger partial charge in [-0.15, -0.1) is 0 Å². The predicted octanol–water partition coefficient (Wildman–Crippen LogP) is 3.26. The number of phenolic OH excluding ortho intramolecular Hbond substituents is 3. The number of hydrogen-bond acceptors (Lipinski definition) is 4. The van der Waals surface area contributed by atoms with E-state index in [2.05, 4.69) is 6.92 Å². The first-order valence-electron chi connectivity index (χ1n) is 6.92. The van der Waals surface area contributed by atoms with Gasteiger partial charge in [0.25, 0.3) is 0 Å². The number of benzene rings is 1. The summed E-state index contributed by atoms with van der Waals surface area (Å²) in [4.78, 5) is 11.2. The molecule has 20 heavy (non-hydrogen) atoms. The van der Waals surface area contributed by atoms with Crippen LogP contribution in [-0.2, 0) is 6.42 Å². The molecule has 112 valence electrons. The first kappa shape index (κ1) is 16.1. The highest BCUT2D eigenvalue weighted by atomic mass is 16.4. The fourth-order valence-electron chi connectivity index (χ4n) is 2.31. The van der Waals surface area contributed by atoms with Gasteiger partial charge in [-0.3, -0.25) is 0 Å². The third-order valence-electron chi connectivity index (χ3n) is 3.63. The van der Waals surface area contributed by atoms with E-state index in [4.69, 9.17) is 5.11 Å². The van der Waals surface area contributed by atoms with E-state index in [9.17, 15) is 20.1 Å². The van der Waals surface area contributed by atoms with Crippen molar-refractivity contribution in [1.82, 2.24) is 0 Å². The first-order chi connectivity index (χ1) is 9.42. The number of aromatic hydroxyl groups is 3. The number of carbonyl (C=O) groups is 1. The van der Waals surface area contributed by atoms with E-state index in [1.165, 1.54) is 0 Å². The third-order valence-corrected chi connectivity index (χ3v) is 3.63. The Kier molecular flexibility index (Phi) is 5.67. The molecule has 0 aromatic heterocycles. The Labute approximate surface area is 118 Å². The van der Waals surface area contributed by atoms with Crippen LogP contribution in [0, 0.1) is 5.92 Å². The molecule has 4 N–H and O–H groups in total. The Morgan fingerprint density at radius 2 is 1.85 bits per heavy atom. The quantitative estimate of drug-likeness (QED) is 0.575. The smallest absolute Gasteiger partial charge is 0.336 e. The van der Waals surface area contributed by atoms with Gasteiger partial charge in [0.05, 0.1) is 5.56 Å². The number of aromatic carboxylic acids is 1. The summed E-state index contributed by atoms with van der Waals surface area (Å²) in [6.45, 7) is 4.09. The molecule has 0 saturated heterocycles. The predicted molar refractivity (Wildman–Crippen MR) is 75.4 cm³/mol. The van der Waals surface area contributed by atoms with E-state index < -0.39 is 23.2 Å². The lowest BCUT2D eigenvalue weighted by Gasteiger charge is -2.18. The van der Waals surface area contributed by atoms with Crippen molar-refractivity contribution in [3.05, 3.63) is 17.2 Å². The molecule has 1 atom stereocenters. The lowest BCUT2D eigenvalue weighted by molar-refractivity contribution is 0.0694. The Hall–Kier alpha value is -1.91. The normalized spacial score (nSPS) is 12.3. The fourth-order valence-corrected chi connectivity index (χ4v) is 2.31. The SMILES string of the molecule is CCCCC(CC)Cc1c(C(=O)O)cc(O)c(O)c1O. The fraction of sp³-hybridized carbons (Fsp3) is 0.533. The second kappa shape index (κ2) is 7.03. The van der Waals surface area contributed by atoms with Gasteiger partial charge in [0, 0.05) is 5.56 Å². The number of hydrogen-bond donors (Lipinski definition) is 4. The maximum atomic E-state index is 11.2. The van der Waals surface area contributed by atoms with Crippen LogP contribution in [0.4, 0.5) is 0 Å². The summed E-state index contributed by atoms with van der Waals surface area (Å²) in [6, 6.07) is 0.985. The zero-order valence-corrected chi connectivity index (χ0v) is 11.9. The average Bonchev–Trinajstić information content (AvgIpc) is 2.42. The van der Waals surface area contributed by atoms with Gasteiger partial charge in [-0.2, -0.15) is 0 Å². The second-order valence-corrected chi connectivity index (χ2v) is 5.04. The molecule has 0 aliphatic rings. The number of carboxylic acid groups (broad SMARTS) is 1. The van der Waals surface area contributed by atoms with Crippen LogP contribution in [0.5, 0.6) is 17.2 Å². The van der Waals surface area contributed by atoms with Crippen LogP contribution >= 0.6 is 0 Å². The van der Waals surface area contributed by atoms with Crippen molar-refractivity contribution >= 4 is 5.97 Å². The van der Waals surface area contributed by atoms with E-state index >= 15 is 0 Å². The molecule has 1 rings (SSSR count). The summed E-state index contributed by atoms with van der Waals surface area (Å²) < 4.78 is 0. The first-order valence-corrected chi connectivity index (χ1v) is 6.92. The van der Waals surface area contributed by atoms with Gasteiger partial charge in [-0.1, -0.05) is 39.5 Å². The summed E-state index contributed by atoms with van der Waals surface area (Å²) in [6.07, 6.45) is 4.26. The standard InChI is InChI=1S/C15H22O5/c1-3-5-6-9(4-2)7-10-11(15(19)20)8-12(16)14(18)13(10)17/h8-9,16-18H,3-7H2,1-2H3,(H,19,20). The highest BCUT2D eigenvalue weighted by Crippen LogP contribution is 2.41. The van der Waals surface area contributed by atoms with Crippen molar-refractivity contribution in [2.75, 3.05) is 0 Å². The highest BCUT2D eigenvalue weighted by molar-refractivity contribution is 5.91. The Balaban J connectivity index is 3.14. The van der Waals surface area contributed by atoms with Crippen LogP contribution in [0.3, 0.4) is 0 Å². The molecule has 0 spiro atoms. The maximum Gasteiger partial charge on any atom is 0.336 e. The van der Waals surface area contributed by atoms with E-state index in [-0.39, 0.29) is 17.0 Å². The number of unbranched alkanes of at least 4 members (excludes halogenated alkanes) is 1. The number of rotatable bonds is 7. The van der Waals surface area contributed by atoms with E-state index in [0.717, 1.165) is 31.7 Å². The molecule has 0 fully saturated rings. The van der Waals surface area contributed by atoms with Crippen molar-refractivity contribution in [1.29, 1.82) is 0 Å². The minimum atomic E-state index is -1.23. The molecule has 1 unspecified atom stereocenters. The van der Waals surface area contributed by atoms with Gasteiger partial charge < -0.3 is 20.4 Å². The average molecular weight is 282 g/mol. The number of carboxylic acids is 1. The summed E-state index contributed by atoms with van der Waals surface area (Å²) in [7, 11) is 0. The van der Waals surface area contributed by atoms with Crippen molar-refractivity contribution in [2.45, 2.75) is 46.0 Å². The molecule has 0 radical (unpaired) electrons. The van der Waals surface area contributed by atoms with Gasteiger partial charge in [0.15, 0.2) is 11.5 Å². The topological polar surface area (TPSA) is 98.0 Å². The molecule has 0 aliphatic heterocycles. The van der Waals surface area contributed by atoms with Crippen LogP contribution < -0.4 is 0 Å². The van der Waals surface area contributed by atoms with Crippen molar-refractivity contribution in [3.63, 3.8) is 0 Å². The molecule has 5 nitrogen and oxygen atoms in total. The van der Waals surface area contributed by atoms with E-state index in [0.29, 0.717) is 6.42 Å². The van der Waals surface area contributed by atoms with Gasteiger partial charge in [0.2, 0.25) is 5.75 Å². The van der Waals surface area contributed by atoms with Gasteiger partial charge in [0.1, 0.15) is 0 Å². The Morgan fingerprint density at radius 3 is 2.35 bits per heavy atom. The lowest BCUT2D eigenvalue weighted by atomic mass is 9.89. The molecule has 0 amide bonds. The minimum absolute atomic E-state index is 0.159. The molecule has 0 aliphatic carbocycles. The monoisotopic (exact) mass is 282 g/mol. The largest absolute Gasteiger partial charge is 0.504 e. The van der Waals surface area contributed by atoms with Crippen LogP contribution in [0.25, 0.3) is 0 Å². The summed E-state index contributed by atoms with van der Waals surface area (Å²) in [5.74, 6) is -2.79. The molecule has 0 heterocycles. The van der Waals surface area contributed by atoms with Crippen molar-refractivity contribution < 1.29 is 25.2 Å². The minimum Gasteiger partial charge on any atom is -0.504 e. The molecule has 1 aromatic carbocycles. The maximum absolute atomic E-state index is 11.2. The van der Waals surface area contributed by atoms with Crippen LogP contribution in [-0.4, -0.2) is 26.4 Å². The van der Waals surface area contributed by atoms with Crippen LogP contribution in [0.1, 0.15) is 55.5 Å². The highest BCUT2D eigenvalue weighted by Gasteiger charge is 2.23. The van der Waals surface area contributed by atoms with Crippen LogP contribution in [0.15, 0.2) is 6.07 Å². The molecule has 0 bridgehead atoms. The zero-order chi connectivity index (χ0) is 15.3. The lowest BCUT2D eigenvalue weighted by Crippen LogP contribution is -2.09. The van der Waals surface area contributed by atoms with E-state index in [1.807, 2.05) is 6.92 Å². The van der Waals surface area contributed by atoms with Crippen LogP contribution in [0.2, 0.25) is 0 Å². The van der Waals surface area contributed by atoms with Crippen molar-refractivity contribution in [2.24, 2.45) is 5.92 Å². The summed E-state index contributed by atoms with van der Waals surface area (Å²) >= 11 is 0. The third kappa shape index (κ3) is 3.56. The molecular formula is C15H22O5. The Bertz CT molecular complexity index is 482. The van der Waals surface area contributed by atoms with Gasteiger partial charge in [-0.05, 0) is 18.4 Å². The molecule has 0 saturated carbocycles. The molecular weight excluding hydrogens is 260 g/mol. The summed E-state index contributed by atoms with van der Waals surface area (Å²) in [5, 5.41) is 38.0. The van der Waals surface area contributed by atoms with Gasteiger partial charge in [-0.25, -0.2) is 4.79 Å². The van der Waals surface area contributed by atoms with Gasteiger partial charge >= 0.3 is 5.97 Å². The second-order valence-electron chi connectivity index (χ2n) is 5.04. The zero-order valence-electron chi connectivity index (χ0n) is 11.9. The number of phenols is 3. The van der Waals surface area contributed by atoms with E-state index in [1.54, 1.807) is 0 Å². The molecule has 1 aromatic rings. The Morgan fingerprint density at radius 1 is 1.20 bits per heavy atom. The molecule has 5 heteroatoms. The summed E-state index contributed by atoms with van der Waals surface area (Å²) in [5.41, 5.74) is 0.0310. The van der Waals surface area contributed by atoms with Crippen molar-refractivity contribution in [3.8, 4) is 17.2 Å².